The number of piperidine rings is 1. The van der Waals surface area contributed by atoms with Crippen molar-refractivity contribution in [1.82, 2.24) is 4.90 Å². The molecule has 0 unspecified atom stereocenters. The van der Waals surface area contributed by atoms with Crippen LogP contribution in [0.15, 0.2) is 0 Å². The zero-order valence-corrected chi connectivity index (χ0v) is 17.7. The maximum atomic E-state index is 13.5. The summed E-state index contributed by atoms with van der Waals surface area (Å²) in [4.78, 5) is 16.2. The molecule has 5 aliphatic carbocycles. The van der Waals surface area contributed by atoms with E-state index in [2.05, 4.69) is 18.7 Å². The summed E-state index contributed by atoms with van der Waals surface area (Å²) in [6.07, 6.45) is 4.95. The number of Topliss-reactive ketones (excluding diaryl/α,β-unsaturated/α-hetero) is 1. The predicted molar refractivity (Wildman–Crippen MR) is 104 cm³/mol. The molecule has 11 atom stereocenters. The predicted octanol–water partition coefficient (Wildman–Crippen LogP) is 2.11. The second kappa shape index (κ2) is 5.40. The fraction of sp³-hybridized carbons (Fsp3) is 0.957. The van der Waals surface area contributed by atoms with Crippen LogP contribution < -0.4 is 0 Å². The van der Waals surface area contributed by atoms with E-state index in [-0.39, 0.29) is 46.7 Å². The second-order valence-corrected chi connectivity index (χ2v) is 11.1. The van der Waals surface area contributed by atoms with Gasteiger partial charge in [0.05, 0.1) is 23.7 Å². The van der Waals surface area contributed by atoms with Crippen molar-refractivity contribution in [3.05, 3.63) is 0 Å². The van der Waals surface area contributed by atoms with Crippen LogP contribution in [0.1, 0.15) is 46.0 Å². The van der Waals surface area contributed by atoms with E-state index < -0.39 is 5.60 Å². The summed E-state index contributed by atoms with van der Waals surface area (Å²) in [7, 11) is 3.59. The molecule has 6 fully saturated rings. The van der Waals surface area contributed by atoms with Crippen molar-refractivity contribution in [3.8, 4) is 0 Å². The number of ketones is 1. The number of fused-ring (bicyclic) bond motifs is 2. The number of hydrogen-bond donors (Lipinski definition) is 1. The van der Waals surface area contributed by atoms with E-state index in [1.54, 1.807) is 7.11 Å². The van der Waals surface area contributed by atoms with E-state index in [1.807, 2.05) is 7.11 Å². The Balaban J connectivity index is 1.61. The van der Waals surface area contributed by atoms with Crippen molar-refractivity contribution in [2.45, 2.75) is 69.8 Å². The van der Waals surface area contributed by atoms with Gasteiger partial charge >= 0.3 is 0 Å². The molecule has 0 amide bonds. The molecule has 0 aromatic heterocycles. The molecule has 5 heteroatoms. The van der Waals surface area contributed by atoms with Crippen LogP contribution in [-0.2, 0) is 14.3 Å². The molecule has 7 bridgehead atoms. The van der Waals surface area contributed by atoms with Crippen molar-refractivity contribution in [2.75, 3.05) is 27.3 Å². The SMILES string of the molecule is CCN1C[C@]2(C)CC[C@H](OC)[C@@]34[C@@H]5C[C@H]6C(=O)[C@@H]5[C@](O)(C[C@@H]6OC)[C@@H](C[C@H]23)[C@@H]14. The van der Waals surface area contributed by atoms with Crippen molar-refractivity contribution in [2.24, 2.45) is 40.4 Å². The first-order valence-electron chi connectivity index (χ1n) is 11.4. The molecule has 6 rings (SSSR count). The van der Waals surface area contributed by atoms with Crippen LogP contribution in [0.3, 0.4) is 0 Å². The van der Waals surface area contributed by atoms with E-state index in [0.717, 1.165) is 32.4 Å². The molecule has 156 valence electrons. The minimum atomic E-state index is -0.903. The lowest BCUT2D eigenvalue weighted by atomic mass is 9.43. The largest absolute Gasteiger partial charge is 0.389 e. The summed E-state index contributed by atoms with van der Waals surface area (Å²) in [5.41, 5.74) is -0.614. The van der Waals surface area contributed by atoms with Crippen LogP contribution in [0.4, 0.5) is 0 Å². The Kier molecular flexibility index (Phi) is 3.53. The average molecular weight is 390 g/mol. The third kappa shape index (κ3) is 1.68. The number of methoxy groups -OCH3 is 2. The van der Waals surface area contributed by atoms with Crippen LogP contribution in [-0.4, -0.2) is 66.9 Å². The van der Waals surface area contributed by atoms with Gasteiger partial charge < -0.3 is 14.6 Å². The van der Waals surface area contributed by atoms with E-state index in [1.165, 1.54) is 6.42 Å². The number of carbonyl (C=O) groups is 1. The third-order valence-corrected chi connectivity index (χ3v) is 10.7. The highest BCUT2D eigenvalue weighted by molar-refractivity contribution is 5.89. The van der Waals surface area contributed by atoms with Gasteiger partial charge in [0.2, 0.25) is 0 Å². The summed E-state index contributed by atoms with van der Waals surface area (Å²) < 4.78 is 12.0. The van der Waals surface area contributed by atoms with Gasteiger partial charge in [0, 0.05) is 50.5 Å². The molecule has 0 aromatic carbocycles. The zero-order chi connectivity index (χ0) is 19.6. The molecule has 28 heavy (non-hydrogen) atoms. The lowest BCUT2D eigenvalue weighted by molar-refractivity contribution is -0.254. The van der Waals surface area contributed by atoms with Crippen LogP contribution in [0.5, 0.6) is 0 Å². The van der Waals surface area contributed by atoms with Gasteiger partial charge in [-0.2, -0.15) is 0 Å². The van der Waals surface area contributed by atoms with Crippen LogP contribution in [0, 0.1) is 40.4 Å². The Morgan fingerprint density at radius 3 is 2.68 bits per heavy atom. The van der Waals surface area contributed by atoms with Gasteiger partial charge in [-0.15, -0.1) is 0 Å². The number of hydrogen-bond acceptors (Lipinski definition) is 5. The monoisotopic (exact) mass is 389 g/mol. The topological polar surface area (TPSA) is 59.0 Å². The average Bonchev–Trinajstić information content (AvgIpc) is 3.10. The van der Waals surface area contributed by atoms with E-state index >= 15 is 0 Å². The Labute approximate surface area is 168 Å². The van der Waals surface area contributed by atoms with Crippen LogP contribution >= 0.6 is 0 Å². The first-order valence-corrected chi connectivity index (χ1v) is 11.4. The van der Waals surface area contributed by atoms with Gasteiger partial charge in [-0.3, -0.25) is 9.69 Å². The highest BCUT2D eigenvalue weighted by Gasteiger charge is 2.83. The Morgan fingerprint density at radius 2 is 2.00 bits per heavy atom. The van der Waals surface area contributed by atoms with Gasteiger partial charge in [-0.05, 0) is 49.5 Å². The number of ether oxygens (including phenoxy) is 2. The summed E-state index contributed by atoms with van der Waals surface area (Å²) in [5, 5.41) is 12.2. The fourth-order valence-electron chi connectivity index (χ4n) is 10.1. The molecule has 1 saturated heterocycles. The highest BCUT2D eigenvalue weighted by atomic mass is 16.5. The minimum absolute atomic E-state index is 0.0185. The van der Waals surface area contributed by atoms with E-state index in [9.17, 15) is 9.90 Å². The zero-order valence-electron chi connectivity index (χ0n) is 17.7. The van der Waals surface area contributed by atoms with E-state index in [0.29, 0.717) is 24.2 Å². The molecule has 1 aliphatic heterocycles. The summed E-state index contributed by atoms with van der Waals surface area (Å²) in [6, 6.07) is 0.342. The van der Waals surface area contributed by atoms with Crippen molar-refractivity contribution in [1.29, 1.82) is 0 Å². The van der Waals surface area contributed by atoms with Gasteiger partial charge in [0.1, 0.15) is 5.78 Å². The van der Waals surface area contributed by atoms with Gasteiger partial charge in [0.25, 0.3) is 0 Å². The van der Waals surface area contributed by atoms with E-state index in [4.69, 9.17) is 9.47 Å². The third-order valence-electron chi connectivity index (χ3n) is 10.7. The molecular weight excluding hydrogens is 354 g/mol. The Hall–Kier alpha value is -0.490. The standard InChI is InChI=1S/C23H35NO4/c1-5-24-11-21(2)7-6-17(28-4)23-13-8-12-15(27-3)10-22(26,18(13)19(12)25)14(20(23)24)9-16(21)23/h12-18,20,26H,5-11H2,1-4H3/t12-,13-,14+,15+,16-,17+,18-,20-,21+,22+,23-/m1/s1. The first kappa shape index (κ1) is 18.3. The number of likely N-dealkylation sites (tertiary alicyclic amines) is 1. The lowest BCUT2D eigenvalue weighted by Crippen LogP contribution is -2.75. The second-order valence-electron chi connectivity index (χ2n) is 11.1. The van der Waals surface area contributed by atoms with Crippen molar-refractivity contribution in [3.63, 3.8) is 0 Å². The Morgan fingerprint density at radius 1 is 1.21 bits per heavy atom. The molecule has 1 spiro atoms. The Bertz CT molecular complexity index is 727. The minimum Gasteiger partial charge on any atom is -0.389 e. The van der Waals surface area contributed by atoms with Gasteiger partial charge in [-0.1, -0.05) is 13.8 Å². The quantitative estimate of drug-likeness (QED) is 0.801. The normalized spacial score (nSPS) is 61.7. The number of rotatable bonds is 3. The molecule has 6 aliphatic rings. The maximum Gasteiger partial charge on any atom is 0.144 e. The van der Waals surface area contributed by atoms with Crippen molar-refractivity contribution >= 4 is 5.78 Å². The summed E-state index contributed by atoms with van der Waals surface area (Å²) >= 11 is 0. The number of nitrogens with zero attached hydrogens (tertiary/aromatic N) is 1. The molecule has 0 radical (unpaired) electrons. The smallest absolute Gasteiger partial charge is 0.144 e. The van der Waals surface area contributed by atoms with Gasteiger partial charge in [-0.25, -0.2) is 0 Å². The fourth-order valence-corrected chi connectivity index (χ4v) is 10.1. The molecule has 0 aromatic rings. The van der Waals surface area contributed by atoms with Gasteiger partial charge in [0.15, 0.2) is 0 Å². The number of aliphatic hydroxyl groups is 1. The molecular formula is C23H35NO4. The first-order chi connectivity index (χ1) is 13.4. The molecule has 5 nitrogen and oxygen atoms in total. The summed E-state index contributed by atoms with van der Waals surface area (Å²) in [6.45, 7) is 6.89. The molecule has 1 heterocycles. The molecule has 1 N–H and O–H groups in total. The van der Waals surface area contributed by atoms with Crippen LogP contribution in [0.2, 0.25) is 0 Å². The van der Waals surface area contributed by atoms with Crippen LogP contribution in [0.25, 0.3) is 0 Å². The maximum absolute atomic E-state index is 13.5. The molecule has 5 saturated carbocycles. The summed E-state index contributed by atoms with van der Waals surface area (Å²) in [5.74, 6) is 1.02. The number of carbonyl (C=O) groups excluding carboxylic acids is 1. The van der Waals surface area contributed by atoms with Crippen molar-refractivity contribution < 1.29 is 19.4 Å². The highest BCUT2D eigenvalue weighted by Crippen LogP contribution is 2.78. The lowest BCUT2D eigenvalue weighted by Gasteiger charge is -2.68.